The van der Waals surface area contributed by atoms with E-state index in [0.717, 1.165) is 6.07 Å². The molecule has 1 heterocycles. The monoisotopic (exact) mass is 288 g/mol. The van der Waals surface area contributed by atoms with Crippen LogP contribution in [-0.2, 0) is 17.5 Å². The van der Waals surface area contributed by atoms with E-state index in [0.29, 0.717) is 13.1 Å². The Bertz CT molecular complexity index is 499. The summed E-state index contributed by atoms with van der Waals surface area (Å²) in [5, 5.41) is 14.7. The van der Waals surface area contributed by atoms with Gasteiger partial charge in [-0.15, -0.1) is 0 Å². The van der Waals surface area contributed by atoms with Crippen LogP contribution in [0, 0.1) is 0 Å². The number of benzene rings is 1. The molecule has 7 heteroatoms. The molecule has 0 amide bonds. The molecule has 0 aromatic heterocycles. The Balaban J connectivity index is 2.09. The van der Waals surface area contributed by atoms with Gasteiger partial charge >= 0.3 is 12.1 Å². The van der Waals surface area contributed by atoms with Crippen molar-refractivity contribution in [3.8, 4) is 0 Å². The van der Waals surface area contributed by atoms with E-state index in [2.05, 4.69) is 10.6 Å². The zero-order valence-corrected chi connectivity index (χ0v) is 10.6. The highest BCUT2D eigenvalue weighted by Gasteiger charge is 2.39. The summed E-state index contributed by atoms with van der Waals surface area (Å²) in [4.78, 5) is 10.8. The van der Waals surface area contributed by atoms with Gasteiger partial charge in [0.25, 0.3) is 0 Å². The van der Waals surface area contributed by atoms with E-state index in [4.69, 9.17) is 5.11 Å². The maximum atomic E-state index is 12.8. The summed E-state index contributed by atoms with van der Waals surface area (Å²) >= 11 is 0. The molecule has 3 N–H and O–H groups in total. The van der Waals surface area contributed by atoms with E-state index in [1.165, 1.54) is 18.2 Å². The van der Waals surface area contributed by atoms with Crippen molar-refractivity contribution in [2.45, 2.75) is 24.7 Å². The summed E-state index contributed by atoms with van der Waals surface area (Å²) in [7, 11) is 0. The summed E-state index contributed by atoms with van der Waals surface area (Å²) in [5.74, 6) is -0.969. The summed E-state index contributed by atoms with van der Waals surface area (Å²) in [6.45, 7) is 0.867. The zero-order valence-electron chi connectivity index (χ0n) is 10.6. The number of alkyl halides is 3. The van der Waals surface area contributed by atoms with Crippen molar-refractivity contribution in [1.82, 2.24) is 10.6 Å². The number of nitrogens with one attached hydrogen (secondary N) is 2. The lowest BCUT2D eigenvalue weighted by atomic mass is 9.88. The number of carboxylic acid groups (broad SMARTS) is 1. The number of hydrogen-bond donors (Lipinski definition) is 3. The van der Waals surface area contributed by atoms with Gasteiger partial charge in [0, 0.05) is 19.6 Å². The average molecular weight is 288 g/mol. The largest absolute Gasteiger partial charge is 0.481 e. The van der Waals surface area contributed by atoms with E-state index in [9.17, 15) is 18.0 Å². The van der Waals surface area contributed by atoms with Gasteiger partial charge in [-0.05, 0) is 11.6 Å². The Morgan fingerprint density at radius 2 is 2.00 bits per heavy atom. The lowest BCUT2D eigenvalue weighted by molar-refractivity contribution is -0.140. The third-order valence-electron chi connectivity index (χ3n) is 3.39. The Labute approximate surface area is 114 Å². The predicted octanol–water partition coefficient (Wildman–Crippen LogP) is 1.61. The minimum atomic E-state index is -4.41. The molecule has 1 aliphatic heterocycles. The molecular formula is C13H15F3N2O2. The molecule has 2 rings (SSSR count). The molecule has 20 heavy (non-hydrogen) atoms. The number of carboxylic acids is 1. The van der Waals surface area contributed by atoms with Crippen LogP contribution in [0.25, 0.3) is 0 Å². The van der Waals surface area contributed by atoms with Crippen LogP contribution in [0.4, 0.5) is 13.2 Å². The lowest BCUT2D eigenvalue weighted by Gasteiger charge is -2.42. The molecule has 0 spiro atoms. The summed E-state index contributed by atoms with van der Waals surface area (Å²) in [6.07, 6.45) is -4.52. The SMILES string of the molecule is O=C(O)CC1(NCc2ccccc2C(F)(F)F)CNC1. The topological polar surface area (TPSA) is 61.4 Å². The van der Waals surface area contributed by atoms with Gasteiger partial charge < -0.3 is 15.7 Å². The number of rotatable bonds is 5. The van der Waals surface area contributed by atoms with Gasteiger partial charge in [-0.2, -0.15) is 13.2 Å². The molecule has 0 atom stereocenters. The van der Waals surface area contributed by atoms with Crippen molar-refractivity contribution in [1.29, 1.82) is 0 Å². The van der Waals surface area contributed by atoms with Crippen LogP contribution < -0.4 is 10.6 Å². The van der Waals surface area contributed by atoms with E-state index >= 15 is 0 Å². The van der Waals surface area contributed by atoms with E-state index in [-0.39, 0.29) is 18.5 Å². The number of aliphatic carboxylic acids is 1. The Kier molecular flexibility index (Phi) is 4.01. The second kappa shape index (κ2) is 5.41. The molecule has 1 aliphatic rings. The first-order chi connectivity index (χ1) is 9.32. The summed E-state index contributed by atoms with van der Waals surface area (Å²) in [5.41, 5.74) is -1.23. The van der Waals surface area contributed by atoms with E-state index < -0.39 is 23.2 Å². The molecule has 1 aromatic carbocycles. The first-order valence-corrected chi connectivity index (χ1v) is 6.15. The first-order valence-electron chi connectivity index (χ1n) is 6.15. The lowest BCUT2D eigenvalue weighted by Crippen LogP contribution is -2.68. The van der Waals surface area contributed by atoms with Crippen LogP contribution in [0.5, 0.6) is 0 Å². The van der Waals surface area contributed by atoms with Gasteiger partial charge in [-0.1, -0.05) is 18.2 Å². The summed E-state index contributed by atoms with van der Waals surface area (Å²) < 4.78 is 38.5. The molecular weight excluding hydrogens is 273 g/mol. The van der Waals surface area contributed by atoms with Gasteiger partial charge in [0.2, 0.25) is 0 Å². The fraction of sp³-hybridized carbons (Fsp3) is 0.462. The average Bonchev–Trinajstić information content (AvgIpc) is 2.31. The second-order valence-electron chi connectivity index (χ2n) is 4.96. The Morgan fingerprint density at radius 1 is 1.35 bits per heavy atom. The van der Waals surface area contributed by atoms with Gasteiger partial charge in [-0.25, -0.2) is 0 Å². The molecule has 0 saturated carbocycles. The number of halogens is 3. The number of hydrogen-bond acceptors (Lipinski definition) is 3. The van der Waals surface area contributed by atoms with Crippen LogP contribution in [0.2, 0.25) is 0 Å². The van der Waals surface area contributed by atoms with Crippen LogP contribution in [0.1, 0.15) is 17.5 Å². The maximum absolute atomic E-state index is 12.8. The minimum absolute atomic E-state index is 0.00928. The molecule has 1 fully saturated rings. The van der Waals surface area contributed by atoms with Crippen LogP contribution in [-0.4, -0.2) is 29.7 Å². The normalized spacial score (nSPS) is 17.6. The fourth-order valence-electron chi connectivity index (χ4n) is 2.26. The summed E-state index contributed by atoms with van der Waals surface area (Å²) in [6, 6.07) is 5.30. The molecule has 1 aromatic rings. The third kappa shape index (κ3) is 3.29. The highest BCUT2D eigenvalue weighted by Crippen LogP contribution is 2.32. The van der Waals surface area contributed by atoms with Crippen LogP contribution in [0.3, 0.4) is 0 Å². The van der Waals surface area contributed by atoms with E-state index in [1.807, 2.05) is 0 Å². The standard InChI is InChI=1S/C13H15F3N2O2/c14-13(15,16)10-4-2-1-3-9(10)6-18-12(5-11(19)20)7-17-8-12/h1-4,17-18H,5-8H2,(H,19,20). The zero-order chi connectivity index (χ0) is 14.8. The quantitative estimate of drug-likeness (QED) is 0.770. The maximum Gasteiger partial charge on any atom is 0.416 e. The van der Waals surface area contributed by atoms with Gasteiger partial charge in [-0.3, -0.25) is 4.79 Å². The molecule has 0 aliphatic carbocycles. The van der Waals surface area contributed by atoms with Crippen molar-refractivity contribution < 1.29 is 23.1 Å². The highest BCUT2D eigenvalue weighted by molar-refractivity contribution is 5.68. The van der Waals surface area contributed by atoms with Gasteiger partial charge in [0.1, 0.15) is 0 Å². The molecule has 110 valence electrons. The van der Waals surface area contributed by atoms with Crippen molar-refractivity contribution in [3.05, 3.63) is 35.4 Å². The molecule has 4 nitrogen and oxygen atoms in total. The highest BCUT2D eigenvalue weighted by atomic mass is 19.4. The smallest absolute Gasteiger partial charge is 0.416 e. The second-order valence-corrected chi connectivity index (χ2v) is 4.96. The van der Waals surface area contributed by atoms with Crippen molar-refractivity contribution in [3.63, 3.8) is 0 Å². The fourth-order valence-corrected chi connectivity index (χ4v) is 2.26. The van der Waals surface area contributed by atoms with Crippen molar-refractivity contribution in [2.75, 3.05) is 13.1 Å². The molecule has 0 radical (unpaired) electrons. The Hall–Kier alpha value is -1.60. The minimum Gasteiger partial charge on any atom is -0.481 e. The third-order valence-corrected chi connectivity index (χ3v) is 3.39. The molecule has 0 bridgehead atoms. The predicted molar refractivity (Wildman–Crippen MR) is 66.1 cm³/mol. The van der Waals surface area contributed by atoms with Crippen LogP contribution >= 0.6 is 0 Å². The van der Waals surface area contributed by atoms with E-state index in [1.54, 1.807) is 0 Å². The number of carbonyl (C=O) groups is 1. The molecule has 1 saturated heterocycles. The molecule has 0 unspecified atom stereocenters. The Morgan fingerprint density at radius 3 is 2.50 bits per heavy atom. The van der Waals surface area contributed by atoms with Gasteiger partial charge in [0.15, 0.2) is 0 Å². The van der Waals surface area contributed by atoms with Crippen molar-refractivity contribution >= 4 is 5.97 Å². The first kappa shape index (κ1) is 14.8. The van der Waals surface area contributed by atoms with Crippen LogP contribution in [0.15, 0.2) is 24.3 Å². The van der Waals surface area contributed by atoms with Gasteiger partial charge in [0.05, 0.1) is 17.5 Å². The van der Waals surface area contributed by atoms with Crippen molar-refractivity contribution in [2.24, 2.45) is 0 Å².